The molecule has 0 saturated heterocycles. The highest BCUT2D eigenvalue weighted by Gasteiger charge is 2.12. The molecule has 5 heteroatoms. The van der Waals surface area contributed by atoms with Crippen LogP contribution in [0.2, 0.25) is 0 Å². The number of rotatable bonds is 12. The Kier molecular flexibility index (Phi) is 11.2. The molecule has 0 heterocycles. The van der Waals surface area contributed by atoms with E-state index in [0.717, 1.165) is 18.6 Å². The largest absolute Gasteiger partial charge is 0.493 e. The minimum Gasteiger partial charge on any atom is -0.493 e. The van der Waals surface area contributed by atoms with Crippen molar-refractivity contribution in [2.75, 3.05) is 18.5 Å². The van der Waals surface area contributed by atoms with Gasteiger partial charge in [0.2, 0.25) is 0 Å². The van der Waals surface area contributed by atoms with Crippen LogP contribution in [0.1, 0.15) is 65.7 Å². The Labute approximate surface area is 157 Å². The smallest absolute Gasteiger partial charge is 0.313 e. The van der Waals surface area contributed by atoms with E-state index in [0.29, 0.717) is 24.8 Å². The Hall–Kier alpha value is -2.04. The molecule has 0 saturated carbocycles. The molecule has 26 heavy (non-hydrogen) atoms. The van der Waals surface area contributed by atoms with Crippen LogP contribution < -0.4 is 15.4 Å². The van der Waals surface area contributed by atoms with Gasteiger partial charge in [0.25, 0.3) is 0 Å². The van der Waals surface area contributed by atoms with Gasteiger partial charge >= 0.3 is 11.8 Å². The number of hydrogen-bond acceptors (Lipinski definition) is 3. The summed E-state index contributed by atoms with van der Waals surface area (Å²) in [6, 6.07) is 7.04. The second-order valence-corrected chi connectivity index (χ2v) is 7.06. The second-order valence-electron chi connectivity index (χ2n) is 7.06. The molecule has 0 spiro atoms. The first-order valence-corrected chi connectivity index (χ1v) is 9.85. The van der Waals surface area contributed by atoms with Crippen molar-refractivity contribution in [3.8, 4) is 5.75 Å². The van der Waals surface area contributed by atoms with Crippen molar-refractivity contribution in [1.82, 2.24) is 5.32 Å². The average Bonchev–Trinajstić information content (AvgIpc) is 2.63. The van der Waals surface area contributed by atoms with Gasteiger partial charge in [-0.3, -0.25) is 9.59 Å². The lowest BCUT2D eigenvalue weighted by Gasteiger charge is -2.10. The van der Waals surface area contributed by atoms with Crippen LogP contribution in [0.4, 0.5) is 5.69 Å². The fraction of sp³-hybridized carbons (Fsp3) is 0.619. The van der Waals surface area contributed by atoms with Gasteiger partial charge in [0, 0.05) is 12.2 Å². The minimum absolute atomic E-state index is 0.453. The lowest BCUT2D eigenvalue weighted by Crippen LogP contribution is -2.35. The van der Waals surface area contributed by atoms with Gasteiger partial charge < -0.3 is 15.4 Å². The molecular weight excluding hydrogens is 328 g/mol. The summed E-state index contributed by atoms with van der Waals surface area (Å²) in [5, 5.41) is 5.28. The molecule has 0 atom stereocenters. The number of ether oxygens (including phenoxy) is 1. The number of carbonyl (C=O) groups excluding carboxylic acids is 2. The van der Waals surface area contributed by atoms with E-state index in [-0.39, 0.29) is 0 Å². The SMILES string of the molecule is CCCCCCCCCNC(=O)C(=O)Nc1ccc(OCC(C)C)cc1. The Morgan fingerprint density at radius 2 is 1.54 bits per heavy atom. The van der Waals surface area contributed by atoms with E-state index in [4.69, 9.17) is 4.74 Å². The van der Waals surface area contributed by atoms with E-state index in [9.17, 15) is 9.59 Å². The van der Waals surface area contributed by atoms with Crippen LogP contribution in [0, 0.1) is 5.92 Å². The third-order valence-electron chi connectivity index (χ3n) is 3.97. The van der Waals surface area contributed by atoms with Gasteiger partial charge in [-0.2, -0.15) is 0 Å². The zero-order chi connectivity index (χ0) is 19.2. The summed E-state index contributed by atoms with van der Waals surface area (Å²) in [6.07, 6.45) is 8.26. The molecule has 0 aliphatic heterocycles. The monoisotopic (exact) mass is 362 g/mol. The van der Waals surface area contributed by atoms with E-state index in [1.807, 2.05) is 0 Å². The van der Waals surface area contributed by atoms with Crippen molar-refractivity contribution in [2.24, 2.45) is 5.92 Å². The summed E-state index contributed by atoms with van der Waals surface area (Å²) < 4.78 is 5.59. The molecule has 0 aliphatic carbocycles. The lowest BCUT2D eigenvalue weighted by atomic mass is 10.1. The highest BCUT2D eigenvalue weighted by molar-refractivity contribution is 6.39. The Morgan fingerprint density at radius 3 is 2.15 bits per heavy atom. The number of amides is 2. The van der Waals surface area contributed by atoms with Gasteiger partial charge in [-0.25, -0.2) is 0 Å². The van der Waals surface area contributed by atoms with E-state index in [1.54, 1.807) is 24.3 Å². The normalized spacial score (nSPS) is 10.6. The molecule has 0 radical (unpaired) electrons. The van der Waals surface area contributed by atoms with E-state index < -0.39 is 11.8 Å². The van der Waals surface area contributed by atoms with Gasteiger partial charge in [0.05, 0.1) is 6.61 Å². The molecule has 2 N–H and O–H groups in total. The van der Waals surface area contributed by atoms with E-state index in [1.165, 1.54) is 32.1 Å². The first-order valence-electron chi connectivity index (χ1n) is 9.85. The maximum Gasteiger partial charge on any atom is 0.313 e. The van der Waals surface area contributed by atoms with Crippen LogP contribution in [0.25, 0.3) is 0 Å². The third-order valence-corrected chi connectivity index (χ3v) is 3.97. The molecule has 1 aromatic carbocycles. The molecule has 5 nitrogen and oxygen atoms in total. The predicted molar refractivity (Wildman–Crippen MR) is 106 cm³/mol. The molecule has 0 aliphatic rings. The maximum atomic E-state index is 11.9. The van der Waals surface area contributed by atoms with Gasteiger partial charge in [-0.15, -0.1) is 0 Å². The fourth-order valence-corrected chi connectivity index (χ4v) is 2.45. The second kappa shape index (κ2) is 13.2. The Balaban J connectivity index is 2.20. The highest BCUT2D eigenvalue weighted by atomic mass is 16.5. The van der Waals surface area contributed by atoms with Gasteiger partial charge in [-0.1, -0.05) is 59.3 Å². The van der Waals surface area contributed by atoms with Gasteiger partial charge in [0.1, 0.15) is 5.75 Å². The Bertz CT molecular complexity index is 527. The van der Waals surface area contributed by atoms with Crippen LogP contribution >= 0.6 is 0 Å². The van der Waals surface area contributed by atoms with Crippen molar-refractivity contribution in [2.45, 2.75) is 65.7 Å². The predicted octanol–water partition coefficient (Wildman–Crippen LogP) is 4.53. The molecule has 0 fully saturated rings. The fourth-order valence-electron chi connectivity index (χ4n) is 2.45. The van der Waals surface area contributed by atoms with Crippen molar-refractivity contribution in [3.05, 3.63) is 24.3 Å². The number of carbonyl (C=O) groups is 2. The van der Waals surface area contributed by atoms with E-state index >= 15 is 0 Å². The van der Waals surface area contributed by atoms with Crippen LogP contribution in [-0.2, 0) is 9.59 Å². The van der Waals surface area contributed by atoms with Crippen molar-refractivity contribution < 1.29 is 14.3 Å². The maximum absolute atomic E-state index is 11.9. The summed E-state index contributed by atoms with van der Waals surface area (Å²) in [5.41, 5.74) is 0.581. The molecule has 1 rings (SSSR count). The van der Waals surface area contributed by atoms with Crippen LogP contribution in [0.3, 0.4) is 0 Å². The molecular formula is C21H34N2O3. The topological polar surface area (TPSA) is 67.4 Å². The number of hydrogen-bond donors (Lipinski definition) is 2. The van der Waals surface area contributed by atoms with Crippen molar-refractivity contribution in [1.29, 1.82) is 0 Å². The molecule has 0 aromatic heterocycles. The number of benzene rings is 1. The molecule has 1 aromatic rings. The zero-order valence-corrected chi connectivity index (χ0v) is 16.5. The first kappa shape index (κ1) is 22.0. The summed E-state index contributed by atoms with van der Waals surface area (Å²) >= 11 is 0. The standard InChI is InChI=1S/C21H34N2O3/c1-4-5-6-7-8-9-10-15-22-20(24)21(25)23-18-11-13-19(14-12-18)26-16-17(2)3/h11-14,17H,4-10,15-16H2,1-3H3,(H,22,24)(H,23,25). The number of anilines is 1. The first-order chi connectivity index (χ1) is 12.5. The number of unbranched alkanes of at least 4 members (excludes halogenated alkanes) is 6. The summed E-state index contributed by atoms with van der Waals surface area (Å²) in [5.74, 6) is -0.0191. The van der Waals surface area contributed by atoms with Crippen molar-refractivity contribution in [3.63, 3.8) is 0 Å². The van der Waals surface area contributed by atoms with Crippen molar-refractivity contribution >= 4 is 17.5 Å². The van der Waals surface area contributed by atoms with E-state index in [2.05, 4.69) is 31.4 Å². The summed E-state index contributed by atoms with van der Waals surface area (Å²) in [7, 11) is 0. The Morgan fingerprint density at radius 1 is 0.923 bits per heavy atom. The quantitative estimate of drug-likeness (QED) is 0.424. The average molecular weight is 363 g/mol. The minimum atomic E-state index is -0.635. The zero-order valence-electron chi connectivity index (χ0n) is 16.5. The summed E-state index contributed by atoms with van der Waals surface area (Å²) in [6.45, 7) is 7.56. The van der Waals surface area contributed by atoms with Crippen LogP contribution in [0.5, 0.6) is 5.75 Å². The molecule has 0 bridgehead atoms. The molecule has 146 valence electrons. The lowest BCUT2D eigenvalue weighted by molar-refractivity contribution is -0.136. The summed E-state index contributed by atoms with van der Waals surface area (Å²) in [4.78, 5) is 23.7. The molecule has 2 amide bonds. The highest BCUT2D eigenvalue weighted by Crippen LogP contribution is 2.16. The van der Waals surface area contributed by atoms with Crippen LogP contribution in [0.15, 0.2) is 24.3 Å². The third kappa shape index (κ3) is 10.1. The van der Waals surface area contributed by atoms with Gasteiger partial charge in [-0.05, 0) is 36.6 Å². The molecule has 0 unspecified atom stereocenters. The van der Waals surface area contributed by atoms with Gasteiger partial charge in [0.15, 0.2) is 0 Å². The number of nitrogens with one attached hydrogen (secondary N) is 2. The van der Waals surface area contributed by atoms with Crippen LogP contribution in [-0.4, -0.2) is 25.0 Å².